The van der Waals surface area contributed by atoms with Gasteiger partial charge in [0.05, 0.1) is 19.2 Å². The Hall–Kier alpha value is -1.55. The van der Waals surface area contributed by atoms with E-state index in [1.54, 1.807) is 14.0 Å². The molecule has 0 aromatic heterocycles. The molecule has 0 saturated heterocycles. The Morgan fingerprint density at radius 3 is 2.59 bits per heavy atom. The Labute approximate surface area is 102 Å². The lowest BCUT2D eigenvalue weighted by molar-refractivity contribution is -0.122. The minimum absolute atomic E-state index is 0.122. The van der Waals surface area contributed by atoms with Gasteiger partial charge in [-0.2, -0.15) is 0 Å². The molecule has 1 aromatic carbocycles. The number of carbonyl (C=O) groups is 1. The van der Waals surface area contributed by atoms with Crippen LogP contribution in [0.15, 0.2) is 18.2 Å². The third-order valence-electron chi connectivity index (χ3n) is 2.62. The summed E-state index contributed by atoms with van der Waals surface area (Å²) in [4.78, 5) is 11.5. The van der Waals surface area contributed by atoms with Crippen LogP contribution in [0.1, 0.15) is 31.0 Å². The molecule has 0 fully saturated rings. The van der Waals surface area contributed by atoms with Gasteiger partial charge in [0.15, 0.2) is 0 Å². The smallest absolute Gasteiger partial charge is 0.237 e. The standard InChI is InChI=1S/C13H20N2O2/c1-8-5-6-12(17-4)11(7-8)10(3)15-13(16)9(2)14/h5-7,9-10H,14H2,1-4H3,(H,15,16)/t9-,10?/m0/s1. The van der Waals surface area contributed by atoms with E-state index in [0.29, 0.717) is 0 Å². The number of ether oxygens (including phenoxy) is 1. The molecule has 0 aliphatic heterocycles. The van der Waals surface area contributed by atoms with Crippen LogP contribution in [0.3, 0.4) is 0 Å². The van der Waals surface area contributed by atoms with Gasteiger partial charge >= 0.3 is 0 Å². The van der Waals surface area contributed by atoms with E-state index in [9.17, 15) is 4.79 Å². The number of nitrogens with two attached hydrogens (primary N) is 1. The molecule has 94 valence electrons. The van der Waals surface area contributed by atoms with E-state index in [4.69, 9.17) is 10.5 Å². The second kappa shape index (κ2) is 5.68. The molecule has 0 bridgehead atoms. The zero-order valence-corrected chi connectivity index (χ0v) is 10.8. The molecule has 0 spiro atoms. The van der Waals surface area contributed by atoms with Gasteiger partial charge in [-0.3, -0.25) is 4.79 Å². The number of nitrogens with one attached hydrogen (secondary N) is 1. The molecule has 1 amide bonds. The first-order valence-corrected chi connectivity index (χ1v) is 5.66. The lowest BCUT2D eigenvalue weighted by Gasteiger charge is -2.19. The number of rotatable bonds is 4. The number of hydrogen-bond donors (Lipinski definition) is 2. The van der Waals surface area contributed by atoms with E-state index in [1.165, 1.54) is 0 Å². The van der Waals surface area contributed by atoms with Gasteiger partial charge in [0.2, 0.25) is 5.91 Å². The average Bonchev–Trinajstić information content (AvgIpc) is 2.28. The van der Waals surface area contributed by atoms with Crippen LogP contribution < -0.4 is 15.8 Å². The number of hydrogen-bond acceptors (Lipinski definition) is 3. The first-order chi connectivity index (χ1) is 7.95. The summed E-state index contributed by atoms with van der Waals surface area (Å²) in [6, 6.07) is 5.25. The van der Waals surface area contributed by atoms with E-state index >= 15 is 0 Å². The number of amides is 1. The second-order valence-corrected chi connectivity index (χ2v) is 4.26. The van der Waals surface area contributed by atoms with Crippen LogP contribution in [-0.2, 0) is 4.79 Å². The zero-order chi connectivity index (χ0) is 13.0. The van der Waals surface area contributed by atoms with E-state index in [1.807, 2.05) is 32.0 Å². The second-order valence-electron chi connectivity index (χ2n) is 4.26. The molecule has 1 rings (SSSR count). The monoisotopic (exact) mass is 236 g/mol. The van der Waals surface area contributed by atoms with Crippen molar-refractivity contribution in [3.8, 4) is 5.75 Å². The predicted molar refractivity (Wildman–Crippen MR) is 67.9 cm³/mol. The number of carbonyl (C=O) groups excluding carboxylic acids is 1. The molecule has 1 unspecified atom stereocenters. The highest BCUT2D eigenvalue weighted by molar-refractivity contribution is 5.81. The van der Waals surface area contributed by atoms with Crippen LogP contribution in [-0.4, -0.2) is 19.1 Å². The van der Waals surface area contributed by atoms with Crippen molar-refractivity contribution >= 4 is 5.91 Å². The molecule has 4 nitrogen and oxygen atoms in total. The molecular formula is C13H20N2O2. The van der Waals surface area contributed by atoms with Gasteiger partial charge < -0.3 is 15.8 Å². The minimum Gasteiger partial charge on any atom is -0.496 e. The Morgan fingerprint density at radius 2 is 2.06 bits per heavy atom. The molecule has 0 aliphatic carbocycles. The molecule has 0 radical (unpaired) electrons. The largest absolute Gasteiger partial charge is 0.496 e. The summed E-state index contributed by atoms with van der Waals surface area (Å²) in [5.41, 5.74) is 7.61. The normalized spacial score (nSPS) is 13.9. The molecule has 0 heterocycles. The quantitative estimate of drug-likeness (QED) is 0.833. The fourth-order valence-corrected chi connectivity index (χ4v) is 1.61. The summed E-state index contributed by atoms with van der Waals surface area (Å²) < 4.78 is 5.28. The maximum Gasteiger partial charge on any atom is 0.237 e. The third-order valence-corrected chi connectivity index (χ3v) is 2.62. The fourth-order valence-electron chi connectivity index (χ4n) is 1.61. The number of benzene rings is 1. The lowest BCUT2D eigenvalue weighted by atomic mass is 10.0. The van der Waals surface area contributed by atoms with E-state index in [-0.39, 0.29) is 11.9 Å². The molecule has 0 saturated carbocycles. The molecular weight excluding hydrogens is 216 g/mol. The van der Waals surface area contributed by atoms with Crippen LogP contribution in [0.5, 0.6) is 5.75 Å². The van der Waals surface area contributed by atoms with Crippen molar-refractivity contribution in [1.29, 1.82) is 0 Å². The van der Waals surface area contributed by atoms with Crippen LogP contribution in [0.2, 0.25) is 0 Å². The van der Waals surface area contributed by atoms with Crippen LogP contribution in [0.4, 0.5) is 0 Å². The fraction of sp³-hybridized carbons (Fsp3) is 0.462. The Balaban J connectivity index is 2.91. The van der Waals surface area contributed by atoms with Crippen molar-refractivity contribution in [1.82, 2.24) is 5.32 Å². The summed E-state index contributed by atoms with van der Waals surface area (Å²) in [6.07, 6.45) is 0. The lowest BCUT2D eigenvalue weighted by Crippen LogP contribution is -2.39. The molecule has 3 N–H and O–H groups in total. The van der Waals surface area contributed by atoms with Crippen molar-refractivity contribution in [3.05, 3.63) is 29.3 Å². The summed E-state index contributed by atoms with van der Waals surface area (Å²) in [5.74, 6) is 0.606. The van der Waals surface area contributed by atoms with Crippen molar-refractivity contribution in [2.45, 2.75) is 32.9 Å². The van der Waals surface area contributed by atoms with Crippen molar-refractivity contribution in [2.24, 2.45) is 5.73 Å². The first kappa shape index (κ1) is 13.5. The Morgan fingerprint density at radius 1 is 1.41 bits per heavy atom. The maximum absolute atomic E-state index is 11.5. The third kappa shape index (κ3) is 3.46. The topological polar surface area (TPSA) is 64.3 Å². The van der Waals surface area contributed by atoms with Crippen molar-refractivity contribution in [2.75, 3.05) is 7.11 Å². The Kier molecular flexibility index (Phi) is 4.52. The van der Waals surface area contributed by atoms with Crippen LogP contribution >= 0.6 is 0 Å². The molecule has 0 aliphatic rings. The highest BCUT2D eigenvalue weighted by Gasteiger charge is 2.16. The van der Waals surface area contributed by atoms with Gasteiger partial charge in [-0.1, -0.05) is 17.7 Å². The predicted octanol–water partition coefficient (Wildman–Crippen LogP) is 1.53. The summed E-state index contributed by atoms with van der Waals surface area (Å²) in [7, 11) is 1.62. The van der Waals surface area contributed by atoms with Gasteiger partial charge in [0.25, 0.3) is 0 Å². The maximum atomic E-state index is 11.5. The van der Waals surface area contributed by atoms with E-state index in [0.717, 1.165) is 16.9 Å². The first-order valence-electron chi connectivity index (χ1n) is 5.66. The highest BCUT2D eigenvalue weighted by atomic mass is 16.5. The summed E-state index contributed by atoms with van der Waals surface area (Å²) in [5, 5.41) is 2.85. The molecule has 4 heteroatoms. The van der Waals surface area contributed by atoms with Crippen LogP contribution in [0.25, 0.3) is 0 Å². The van der Waals surface area contributed by atoms with Crippen molar-refractivity contribution < 1.29 is 9.53 Å². The summed E-state index contributed by atoms with van der Waals surface area (Å²) in [6.45, 7) is 5.58. The van der Waals surface area contributed by atoms with E-state index in [2.05, 4.69) is 5.32 Å². The van der Waals surface area contributed by atoms with Crippen molar-refractivity contribution in [3.63, 3.8) is 0 Å². The molecule has 17 heavy (non-hydrogen) atoms. The van der Waals surface area contributed by atoms with Gasteiger partial charge in [-0.05, 0) is 26.8 Å². The van der Waals surface area contributed by atoms with E-state index < -0.39 is 6.04 Å². The van der Waals surface area contributed by atoms with Gasteiger partial charge in [0.1, 0.15) is 5.75 Å². The molecule has 1 aromatic rings. The zero-order valence-electron chi connectivity index (χ0n) is 10.8. The number of aryl methyl sites for hydroxylation is 1. The number of methoxy groups -OCH3 is 1. The van der Waals surface area contributed by atoms with Gasteiger partial charge in [0, 0.05) is 5.56 Å². The van der Waals surface area contributed by atoms with Gasteiger partial charge in [-0.25, -0.2) is 0 Å². The summed E-state index contributed by atoms with van der Waals surface area (Å²) >= 11 is 0. The van der Waals surface area contributed by atoms with Gasteiger partial charge in [-0.15, -0.1) is 0 Å². The molecule has 2 atom stereocenters. The SMILES string of the molecule is COc1ccc(C)cc1C(C)NC(=O)[C@H](C)N. The average molecular weight is 236 g/mol. The highest BCUT2D eigenvalue weighted by Crippen LogP contribution is 2.25. The minimum atomic E-state index is -0.506. The Bertz CT molecular complexity index is 402. The van der Waals surface area contributed by atoms with Crippen LogP contribution in [0, 0.1) is 6.92 Å².